The third-order valence-corrected chi connectivity index (χ3v) is 3.29. The van der Waals surface area contributed by atoms with Crippen LogP contribution in [0.2, 0.25) is 0 Å². The van der Waals surface area contributed by atoms with E-state index in [1.54, 1.807) is 0 Å². The van der Waals surface area contributed by atoms with E-state index >= 15 is 0 Å². The molecule has 0 bridgehead atoms. The van der Waals surface area contributed by atoms with Gasteiger partial charge < -0.3 is 10.6 Å². The largest absolute Gasteiger partial charge is 0.388 e. The van der Waals surface area contributed by atoms with E-state index < -0.39 is 0 Å². The summed E-state index contributed by atoms with van der Waals surface area (Å²) in [5.41, 5.74) is 4.77. The van der Waals surface area contributed by atoms with Crippen LogP contribution in [-0.4, -0.2) is 13.0 Å². The van der Waals surface area contributed by atoms with E-state index in [4.69, 9.17) is 0 Å². The fourth-order valence-electron chi connectivity index (χ4n) is 1.87. The van der Waals surface area contributed by atoms with Crippen molar-refractivity contribution in [2.45, 2.75) is 13.8 Å². The molecule has 3 nitrogen and oxygen atoms in total. The summed E-state index contributed by atoms with van der Waals surface area (Å²) in [6.07, 6.45) is 0. The molecule has 0 aliphatic carbocycles. The number of amides is 1. The second-order valence-corrected chi connectivity index (χ2v) is 4.53. The van der Waals surface area contributed by atoms with E-state index in [2.05, 4.69) is 10.6 Å². The number of benzene rings is 2. The molecule has 98 valence electrons. The van der Waals surface area contributed by atoms with Gasteiger partial charge in [0, 0.05) is 24.0 Å². The zero-order valence-corrected chi connectivity index (χ0v) is 11.4. The highest BCUT2D eigenvalue weighted by atomic mass is 16.1. The fraction of sp³-hybridized carbons (Fsp3) is 0.188. The van der Waals surface area contributed by atoms with Gasteiger partial charge in [-0.05, 0) is 55.3 Å². The molecule has 0 fully saturated rings. The van der Waals surface area contributed by atoms with Gasteiger partial charge in [0.2, 0.25) is 0 Å². The van der Waals surface area contributed by atoms with Crippen LogP contribution in [0.4, 0.5) is 11.4 Å². The van der Waals surface area contributed by atoms with Crippen molar-refractivity contribution in [1.29, 1.82) is 0 Å². The van der Waals surface area contributed by atoms with Gasteiger partial charge in [-0.15, -0.1) is 0 Å². The Hall–Kier alpha value is -2.29. The summed E-state index contributed by atoms with van der Waals surface area (Å²) in [5.74, 6) is -0.0867. The minimum Gasteiger partial charge on any atom is -0.388 e. The zero-order valence-electron chi connectivity index (χ0n) is 11.4. The molecular formula is C16H18N2O. The van der Waals surface area contributed by atoms with Crippen LogP contribution in [0, 0.1) is 13.8 Å². The first-order chi connectivity index (χ1) is 9.11. The van der Waals surface area contributed by atoms with Crippen LogP contribution in [0.25, 0.3) is 0 Å². The lowest BCUT2D eigenvalue weighted by Crippen LogP contribution is -2.13. The molecule has 0 aliphatic heterocycles. The predicted octanol–water partition coefficient (Wildman–Crippen LogP) is 3.60. The zero-order chi connectivity index (χ0) is 13.8. The number of hydrogen-bond donors (Lipinski definition) is 2. The van der Waals surface area contributed by atoms with Gasteiger partial charge >= 0.3 is 0 Å². The Morgan fingerprint density at radius 2 is 1.68 bits per heavy atom. The van der Waals surface area contributed by atoms with E-state index in [0.29, 0.717) is 5.56 Å². The van der Waals surface area contributed by atoms with Crippen LogP contribution in [0.1, 0.15) is 21.5 Å². The lowest BCUT2D eigenvalue weighted by Gasteiger charge is -2.10. The van der Waals surface area contributed by atoms with E-state index in [9.17, 15) is 4.79 Å². The Morgan fingerprint density at radius 3 is 2.32 bits per heavy atom. The summed E-state index contributed by atoms with van der Waals surface area (Å²) in [4.78, 5) is 12.1. The molecule has 0 atom stereocenters. The number of hydrogen-bond acceptors (Lipinski definition) is 2. The molecule has 1 amide bonds. The van der Waals surface area contributed by atoms with E-state index in [0.717, 1.165) is 16.9 Å². The van der Waals surface area contributed by atoms with Crippen LogP contribution in [0.15, 0.2) is 42.5 Å². The van der Waals surface area contributed by atoms with Crippen LogP contribution >= 0.6 is 0 Å². The van der Waals surface area contributed by atoms with Crippen molar-refractivity contribution in [3.05, 3.63) is 59.2 Å². The van der Waals surface area contributed by atoms with Crippen molar-refractivity contribution in [3.8, 4) is 0 Å². The van der Waals surface area contributed by atoms with Crippen molar-refractivity contribution in [2.24, 2.45) is 0 Å². The Labute approximate surface area is 113 Å². The first-order valence-corrected chi connectivity index (χ1v) is 6.27. The smallest absolute Gasteiger partial charge is 0.255 e. The molecule has 0 spiro atoms. The number of anilines is 2. The highest BCUT2D eigenvalue weighted by Gasteiger charge is 2.08. The Balaban J connectivity index is 2.18. The van der Waals surface area contributed by atoms with Gasteiger partial charge in [0.15, 0.2) is 0 Å². The van der Waals surface area contributed by atoms with Crippen molar-refractivity contribution < 1.29 is 4.79 Å². The van der Waals surface area contributed by atoms with Gasteiger partial charge in [0.05, 0.1) is 0 Å². The van der Waals surface area contributed by atoms with E-state index in [1.807, 2.05) is 63.4 Å². The SMILES string of the molecule is CNc1ccc(C(=O)Nc2cccc(C)c2C)cc1. The molecule has 2 aromatic rings. The number of nitrogens with one attached hydrogen (secondary N) is 2. The van der Waals surface area contributed by atoms with Gasteiger partial charge in [-0.25, -0.2) is 0 Å². The van der Waals surface area contributed by atoms with Crippen molar-refractivity contribution in [3.63, 3.8) is 0 Å². The molecule has 0 saturated heterocycles. The normalized spacial score (nSPS) is 10.1. The summed E-state index contributed by atoms with van der Waals surface area (Å²) in [6.45, 7) is 4.04. The molecule has 0 heterocycles. The maximum atomic E-state index is 12.1. The number of aryl methyl sites for hydroxylation is 1. The van der Waals surface area contributed by atoms with Crippen LogP contribution < -0.4 is 10.6 Å². The topological polar surface area (TPSA) is 41.1 Å². The third-order valence-electron chi connectivity index (χ3n) is 3.29. The maximum absolute atomic E-state index is 12.1. The maximum Gasteiger partial charge on any atom is 0.255 e. The van der Waals surface area contributed by atoms with Crippen LogP contribution in [0.5, 0.6) is 0 Å². The average Bonchev–Trinajstić information content (AvgIpc) is 2.44. The Morgan fingerprint density at radius 1 is 1.00 bits per heavy atom. The molecule has 3 heteroatoms. The first-order valence-electron chi connectivity index (χ1n) is 6.27. The first kappa shape index (κ1) is 13.1. The Kier molecular flexibility index (Phi) is 3.85. The van der Waals surface area contributed by atoms with Gasteiger partial charge in [-0.3, -0.25) is 4.79 Å². The highest BCUT2D eigenvalue weighted by molar-refractivity contribution is 6.04. The fourth-order valence-corrected chi connectivity index (χ4v) is 1.87. The molecule has 19 heavy (non-hydrogen) atoms. The number of carbonyl (C=O) groups is 1. The highest BCUT2D eigenvalue weighted by Crippen LogP contribution is 2.19. The molecule has 0 aromatic heterocycles. The molecule has 2 rings (SSSR count). The Bertz CT molecular complexity index is 588. The van der Waals surface area contributed by atoms with Crippen LogP contribution in [-0.2, 0) is 0 Å². The van der Waals surface area contributed by atoms with Gasteiger partial charge in [0.1, 0.15) is 0 Å². The van der Waals surface area contributed by atoms with Crippen molar-refractivity contribution in [2.75, 3.05) is 17.7 Å². The molecule has 0 radical (unpaired) electrons. The monoisotopic (exact) mass is 254 g/mol. The van der Waals surface area contributed by atoms with Crippen molar-refractivity contribution >= 4 is 17.3 Å². The van der Waals surface area contributed by atoms with E-state index in [-0.39, 0.29) is 5.91 Å². The standard InChI is InChI=1S/C16H18N2O/c1-11-5-4-6-15(12(11)2)18-16(19)13-7-9-14(17-3)10-8-13/h4-10,17H,1-3H3,(H,18,19). The van der Waals surface area contributed by atoms with E-state index in [1.165, 1.54) is 5.56 Å². The third kappa shape index (κ3) is 2.94. The molecular weight excluding hydrogens is 236 g/mol. The lowest BCUT2D eigenvalue weighted by atomic mass is 10.1. The lowest BCUT2D eigenvalue weighted by molar-refractivity contribution is 0.102. The molecule has 0 aliphatic rings. The number of carbonyl (C=O) groups excluding carboxylic acids is 1. The molecule has 0 unspecified atom stereocenters. The second kappa shape index (κ2) is 5.57. The van der Waals surface area contributed by atoms with Crippen molar-refractivity contribution in [1.82, 2.24) is 0 Å². The minimum atomic E-state index is -0.0867. The summed E-state index contributed by atoms with van der Waals surface area (Å²) in [6, 6.07) is 13.3. The second-order valence-electron chi connectivity index (χ2n) is 4.53. The summed E-state index contributed by atoms with van der Waals surface area (Å²) >= 11 is 0. The predicted molar refractivity (Wildman–Crippen MR) is 79.9 cm³/mol. The number of rotatable bonds is 3. The minimum absolute atomic E-state index is 0.0867. The average molecular weight is 254 g/mol. The molecule has 2 aromatic carbocycles. The van der Waals surface area contributed by atoms with Crippen LogP contribution in [0.3, 0.4) is 0 Å². The summed E-state index contributed by atoms with van der Waals surface area (Å²) in [5, 5.41) is 5.97. The summed E-state index contributed by atoms with van der Waals surface area (Å²) < 4.78 is 0. The molecule has 2 N–H and O–H groups in total. The van der Waals surface area contributed by atoms with Gasteiger partial charge in [0.25, 0.3) is 5.91 Å². The van der Waals surface area contributed by atoms with Gasteiger partial charge in [-0.1, -0.05) is 12.1 Å². The van der Waals surface area contributed by atoms with Gasteiger partial charge in [-0.2, -0.15) is 0 Å². The quantitative estimate of drug-likeness (QED) is 0.878. The molecule has 0 saturated carbocycles. The summed E-state index contributed by atoms with van der Waals surface area (Å²) in [7, 11) is 1.85.